The van der Waals surface area contributed by atoms with Crippen molar-refractivity contribution in [3.8, 4) is 0 Å². The van der Waals surface area contributed by atoms with Crippen LogP contribution in [-0.2, 0) is 0 Å². The number of benzene rings is 2. The van der Waals surface area contributed by atoms with Crippen LogP contribution in [0, 0.1) is 0 Å². The van der Waals surface area contributed by atoms with Gasteiger partial charge in [0.1, 0.15) is 0 Å². The van der Waals surface area contributed by atoms with Crippen LogP contribution in [0.4, 0.5) is 0 Å². The van der Waals surface area contributed by atoms with Gasteiger partial charge in [-0.3, -0.25) is 0 Å². The first kappa shape index (κ1) is 9.75. The van der Waals surface area contributed by atoms with E-state index in [0.717, 1.165) is 11.0 Å². The zero-order valence-electron chi connectivity index (χ0n) is 9.27. The van der Waals surface area contributed by atoms with Crippen LogP contribution in [0.1, 0.15) is 0 Å². The molecule has 16 heavy (non-hydrogen) atoms. The van der Waals surface area contributed by atoms with Gasteiger partial charge >= 0.3 is 0 Å². The molecular formula is C13H13NSi2. The van der Waals surface area contributed by atoms with Gasteiger partial charge < -0.3 is 0 Å². The molecule has 1 nitrogen and oxygen atoms in total. The third-order valence-electron chi connectivity index (χ3n) is 3.03. The summed E-state index contributed by atoms with van der Waals surface area (Å²) in [4.78, 5) is 4.72. The SMILES string of the molecule is [SiH3][SiH2]c1cccc2nc3ccccc3cc12. The second kappa shape index (κ2) is 3.84. The van der Waals surface area contributed by atoms with Crippen molar-refractivity contribution in [2.24, 2.45) is 0 Å². The highest BCUT2D eigenvalue weighted by atomic mass is 29.1. The van der Waals surface area contributed by atoms with Crippen LogP contribution in [0.5, 0.6) is 0 Å². The molecule has 0 fully saturated rings. The minimum absolute atomic E-state index is 0.00198. The lowest BCUT2D eigenvalue weighted by Gasteiger charge is -2.05. The van der Waals surface area contributed by atoms with Crippen LogP contribution in [0.15, 0.2) is 48.5 Å². The summed E-state index contributed by atoms with van der Waals surface area (Å²) in [6.07, 6.45) is 0. The molecule has 3 rings (SSSR count). The lowest BCUT2D eigenvalue weighted by molar-refractivity contribution is 1.50. The molecule has 0 radical (unpaired) electrons. The van der Waals surface area contributed by atoms with E-state index in [2.05, 4.69) is 42.5 Å². The topological polar surface area (TPSA) is 12.9 Å². The molecule has 3 aromatic rings. The first-order chi connectivity index (χ1) is 7.88. The van der Waals surface area contributed by atoms with Crippen molar-refractivity contribution in [2.45, 2.75) is 0 Å². The summed E-state index contributed by atoms with van der Waals surface area (Å²) >= 11 is 0. The monoisotopic (exact) mass is 239 g/mol. The van der Waals surface area contributed by atoms with Crippen molar-refractivity contribution < 1.29 is 0 Å². The van der Waals surface area contributed by atoms with Gasteiger partial charge in [0.15, 0.2) is 0 Å². The van der Waals surface area contributed by atoms with Crippen molar-refractivity contribution in [3.05, 3.63) is 48.5 Å². The number of nitrogens with zero attached hydrogens (tertiary/aromatic N) is 1. The van der Waals surface area contributed by atoms with E-state index < -0.39 is 0 Å². The normalized spacial score (nSPS) is 12.0. The Labute approximate surface area is 99.5 Å². The van der Waals surface area contributed by atoms with Gasteiger partial charge in [0.25, 0.3) is 0 Å². The molecular weight excluding hydrogens is 226 g/mol. The Morgan fingerprint density at radius 3 is 2.62 bits per heavy atom. The van der Waals surface area contributed by atoms with Crippen LogP contribution in [0.25, 0.3) is 21.8 Å². The Hall–Kier alpha value is -1.46. The molecule has 0 aliphatic carbocycles. The molecule has 0 N–H and O–H groups in total. The van der Waals surface area contributed by atoms with E-state index in [1.807, 2.05) is 6.07 Å². The predicted octanol–water partition coefficient (Wildman–Crippen LogP) is 0.462. The fourth-order valence-corrected chi connectivity index (χ4v) is 5.05. The van der Waals surface area contributed by atoms with E-state index in [1.165, 1.54) is 20.5 Å². The molecule has 0 amide bonds. The van der Waals surface area contributed by atoms with Gasteiger partial charge in [-0.05, 0) is 33.3 Å². The maximum absolute atomic E-state index is 4.72. The number of hydrogen-bond acceptors (Lipinski definition) is 1. The Bertz CT molecular complexity index is 664. The average Bonchev–Trinajstić information content (AvgIpc) is 2.35. The molecule has 0 atom stereocenters. The molecule has 0 bridgehead atoms. The van der Waals surface area contributed by atoms with Crippen molar-refractivity contribution in [1.82, 2.24) is 4.98 Å². The van der Waals surface area contributed by atoms with Gasteiger partial charge in [-0.15, -0.1) is 0 Å². The molecule has 1 aromatic heterocycles. The molecule has 0 saturated heterocycles. The third-order valence-corrected chi connectivity index (χ3v) is 6.70. The summed E-state index contributed by atoms with van der Waals surface area (Å²) in [5.74, 6) is 0. The zero-order chi connectivity index (χ0) is 11.0. The fraction of sp³-hybridized carbons (Fsp3) is 0. The van der Waals surface area contributed by atoms with E-state index in [-0.39, 0.29) is 9.04 Å². The van der Waals surface area contributed by atoms with E-state index in [0.29, 0.717) is 0 Å². The second-order valence-corrected chi connectivity index (χ2v) is 7.61. The molecule has 78 valence electrons. The van der Waals surface area contributed by atoms with Crippen molar-refractivity contribution in [3.63, 3.8) is 0 Å². The molecule has 3 heteroatoms. The highest BCUT2D eigenvalue weighted by Crippen LogP contribution is 2.17. The summed E-state index contributed by atoms with van der Waals surface area (Å²) in [5, 5.41) is 4.21. The number of para-hydroxylation sites is 1. The van der Waals surface area contributed by atoms with Crippen LogP contribution in [0.2, 0.25) is 0 Å². The number of aromatic nitrogens is 1. The number of fused-ring (bicyclic) bond motifs is 2. The summed E-state index contributed by atoms with van der Waals surface area (Å²) in [5.41, 5.74) is 2.25. The summed E-state index contributed by atoms with van der Waals surface area (Å²) < 4.78 is 0. The highest BCUT2D eigenvalue weighted by molar-refractivity contribution is 6.98. The standard InChI is InChI=1S/C13H13NSi2/c15-16-13-7-3-6-12-10(13)8-9-4-1-2-5-11(9)14-12/h1-8H,16H2,15H3. The van der Waals surface area contributed by atoms with Crippen LogP contribution in [0.3, 0.4) is 0 Å². The first-order valence-corrected chi connectivity index (χ1v) is 12.0. The number of hydrogen-bond donors (Lipinski definition) is 0. The van der Waals surface area contributed by atoms with Crippen molar-refractivity contribution >= 4 is 45.8 Å². The van der Waals surface area contributed by atoms with Gasteiger partial charge in [-0.25, -0.2) is 4.98 Å². The van der Waals surface area contributed by atoms with Crippen molar-refractivity contribution in [2.75, 3.05) is 0 Å². The van der Waals surface area contributed by atoms with E-state index in [4.69, 9.17) is 4.98 Å². The molecule has 1 heterocycles. The number of pyridine rings is 1. The van der Waals surface area contributed by atoms with Gasteiger partial charge in [0.2, 0.25) is 0 Å². The van der Waals surface area contributed by atoms with E-state index in [1.54, 1.807) is 5.19 Å². The Kier molecular flexibility index (Phi) is 2.34. The molecule has 0 saturated carbocycles. The lowest BCUT2D eigenvalue weighted by atomic mass is 10.1. The minimum Gasteiger partial charge on any atom is -0.248 e. The van der Waals surface area contributed by atoms with Gasteiger partial charge in [0, 0.05) is 14.4 Å². The van der Waals surface area contributed by atoms with Crippen LogP contribution in [-0.4, -0.2) is 23.8 Å². The lowest BCUT2D eigenvalue weighted by Crippen LogP contribution is -2.15. The highest BCUT2D eigenvalue weighted by Gasteiger charge is 2.02. The van der Waals surface area contributed by atoms with E-state index >= 15 is 0 Å². The molecule has 0 unspecified atom stereocenters. The summed E-state index contributed by atoms with van der Waals surface area (Å²) in [6.45, 7) is 0. The fourth-order valence-electron chi connectivity index (χ4n) is 2.17. The second-order valence-electron chi connectivity index (χ2n) is 4.02. The maximum Gasteiger partial charge on any atom is 0.0709 e. The quantitative estimate of drug-likeness (QED) is 0.444. The van der Waals surface area contributed by atoms with Gasteiger partial charge in [-0.2, -0.15) is 0 Å². The van der Waals surface area contributed by atoms with Crippen LogP contribution >= 0.6 is 0 Å². The summed E-state index contributed by atoms with van der Waals surface area (Å²) in [7, 11) is 1.34. The first-order valence-electron chi connectivity index (χ1n) is 5.66. The van der Waals surface area contributed by atoms with Crippen molar-refractivity contribution in [1.29, 1.82) is 0 Å². The Balaban J connectivity index is 2.46. The molecule has 0 aliphatic rings. The number of rotatable bonds is 1. The van der Waals surface area contributed by atoms with Gasteiger partial charge in [0.05, 0.1) is 11.0 Å². The zero-order valence-corrected chi connectivity index (χ0v) is 12.7. The predicted molar refractivity (Wildman–Crippen MR) is 77.4 cm³/mol. The minimum atomic E-state index is 0.00198. The summed E-state index contributed by atoms with van der Waals surface area (Å²) in [6, 6.07) is 17.2. The smallest absolute Gasteiger partial charge is 0.0709 e. The molecule has 0 aliphatic heterocycles. The third kappa shape index (κ3) is 1.49. The molecule has 2 aromatic carbocycles. The Morgan fingerprint density at radius 1 is 0.938 bits per heavy atom. The maximum atomic E-state index is 4.72. The Morgan fingerprint density at radius 2 is 1.75 bits per heavy atom. The molecule has 0 spiro atoms. The average molecular weight is 239 g/mol. The van der Waals surface area contributed by atoms with Gasteiger partial charge in [-0.1, -0.05) is 35.5 Å². The largest absolute Gasteiger partial charge is 0.248 e. The van der Waals surface area contributed by atoms with Crippen LogP contribution < -0.4 is 5.19 Å². The van der Waals surface area contributed by atoms with E-state index in [9.17, 15) is 0 Å².